The number of guanidine groups is 1. The summed E-state index contributed by atoms with van der Waals surface area (Å²) in [6.45, 7) is 1.77. The van der Waals surface area contributed by atoms with Gasteiger partial charge in [-0.2, -0.15) is 5.10 Å². The number of benzene rings is 1. The van der Waals surface area contributed by atoms with Crippen molar-refractivity contribution in [3.63, 3.8) is 0 Å². The molecule has 0 aliphatic carbocycles. The molecule has 0 fully saturated rings. The molecule has 0 heterocycles. The van der Waals surface area contributed by atoms with Crippen molar-refractivity contribution in [1.29, 1.82) is 0 Å². The Kier molecular flexibility index (Phi) is 4.61. The van der Waals surface area contributed by atoms with Gasteiger partial charge in [-0.3, -0.25) is 0 Å². The van der Waals surface area contributed by atoms with Gasteiger partial charge in [0.15, 0.2) is 5.03 Å². The fraction of sp³-hybridized carbons (Fsp3) is 0.200. The standard InChI is InChI=1S/C10H13N5O2/c1-8(7-9-5-3-2-4-6-9)12-13-10(11)14-15(16)17/h2-6H,7H2,1H3,(H3,11,13,14)/b12-8-. The topological polar surface area (TPSA) is 106 Å². The molecule has 0 spiro atoms. The van der Waals surface area contributed by atoms with Crippen molar-refractivity contribution < 1.29 is 5.03 Å². The largest absolute Gasteiger partial charge is 0.364 e. The Morgan fingerprint density at radius 3 is 2.65 bits per heavy atom. The van der Waals surface area contributed by atoms with E-state index in [1.54, 1.807) is 12.3 Å². The van der Waals surface area contributed by atoms with Crippen LogP contribution in [0, 0.1) is 10.1 Å². The first-order valence-corrected chi connectivity index (χ1v) is 4.89. The highest BCUT2D eigenvalue weighted by Gasteiger charge is 1.98. The van der Waals surface area contributed by atoms with Gasteiger partial charge in [0.25, 0.3) is 5.96 Å². The highest BCUT2D eigenvalue weighted by Crippen LogP contribution is 2.00. The normalized spacial score (nSPS) is 12.3. The quantitative estimate of drug-likeness (QED) is 0.346. The van der Waals surface area contributed by atoms with Crippen LogP contribution in [-0.4, -0.2) is 16.7 Å². The van der Waals surface area contributed by atoms with Crippen LogP contribution in [0.1, 0.15) is 12.5 Å². The van der Waals surface area contributed by atoms with E-state index in [-0.39, 0.29) is 5.96 Å². The Morgan fingerprint density at radius 1 is 1.41 bits per heavy atom. The van der Waals surface area contributed by atoms with Crippen LogP contribution < -0.4 is 11.2 Å². The lowest BCUT2D eigenvalue weighted by molar-refractivity contribution is -0.525. The Labute approximate surface area is 98.2 Å². The van der Waals surface area contributed by atoms with Crippen LogP contribution in [-0.2, 0) is 6.42 Å². The maximum atomic E-state index is 10.0. The van der Waals surface area contributed by atoms with Gasteiger partial charge < -0.3 is 5.73 Å². The zero-order valence-corrected chi connectivity index (χ0v) is 9.33. The Morgan fingerprint density at radius 2 is 2.06 bits per heavy atom. The summed E-state index contributed by atoms with van der Waals surface area (Å²) in [5, 5.41) is 16.5. The first-order valence-electron chi connectivity index (χ1n) is 4.89. The fourth-order valence-electron chi connectivity index (χ4n) is 1.18. The molecule has 0 aliphatic heterocycles. The molecule has 0 saturated carbocycles. The second kappa shape index (κ2) is 6.21. The molecule has 3 N–H and O–H groups in total. The molecule has 0 atom stereocenters. The van der Waals surface area contributed by atoms with Gasteiger partial charge in [0.1, 0.15) is 0 Å². The van der Waals surface area contributed by atoms with Crippen molar-refractivity contribution in [3.8, 4) is 0 Å². The molecule has 1 aromatic carbocycles. The predicted octanol–water partition coefficient (Wildman–Crippen LogP) is 0.701. The summed E-state index contributed by atoms with van der Waals surface area (Å²) >= 11 is 0. The Hall–Kier alpha value is -2.44. The highest BCUT2D eigenvalue weighted by molar-refractivity contribution is 5.85. The smallest absolute Gasteiger partial charge is 0.275 e. The molecule has 0 saturated heterocycles. The monoisotopic (exact) mass is 235 g/mol. The summed E-state index contributed by atoms with van der Waals surface area (Å²) in [6, 6.07) is 9.69. The van der Waals surface area contributed by atoms with E-state index in [0.29, 0.717) is 12.1 Å². The van der Waals surface area contributed by atoms with Crippen molar-refractivity contribution in [2.45, 2.75) is 13.3 Å². The van der Waals surface area contributed by atoms with E-state index in [2.05, 4.69) is 10.2 Å². The maximum absolute atomic E-state index is 10.0. The molecule has 0 aromatic heterocycles. The van der Waals surface area contributed by atoms with Gasteiger partial charge in [-0.15, -0.1) is 5.10 Å². The van der Waals surface area contributed by atoms with Gasteiger partial charge in [-0.05, 0) is 12.5 Å². The third-order valence-corrected chi connectivity index (χ3v) is 1.84. The summed E-state index contributed by atoms with van der Waals surface area (Å²) in [7, 11) is 0. The molecule has 0 unspecified atom stereocenters. The van der Waals surface area contributed by atoms with E-state index in [1.807, 2.05) is 30.3 Å². The van der Waals surface area contributed by atoms with Gasteiger partial charge >= 0.3 is 0 Å². The number of hydrazine groups is 1. The molecular weight excluding hydrogens is 222 g/mol. The molecule has 1 rings (SSSR count). The zero-order chi connectivity index (χ0) is 12.7. The molecule has 1 aromatic rings. The fourth-order valence-corrected chi connectivity index (χ4v) is 1.18. The van der Waals surface area contributed by atoms with Crippen molar-refractivity contribution in [2.24, 2.45) is 15.9 Å². The summed E-state index contributed by atoms with van der Waals surface area (Å²) in [4.78, 5) is 10.0. The van der Waals surface area contributed by atoms with Crippen LogP contribution in [0.2, 0.25) is 0 Å². The summed E-state index contributed by atoms with van der Waals surface area (Å²) in [5.41, 5.74) is 8.71. The maximum Gasteiger partial charge on any atom is 0.275 e. The second-order valence-electron chi connectivity index (χ2n) is 3.35. The molecule has 0 bridgehead atoms. The minimum Gasteiger partial charge on any atom is -0.364 e. The van der Waals surface area contributed by atoms with Crippen LogP contribution in [0.5, 0.6) is 0 Å². The number of nitro groups is 1. The van der Waals surface area contributed by atoms with E-state index in [4.69, 9.17) is 5.73 Å². The summed E-state index contributed by atoms with van der Waals surface area (Å²) < 4.78 is 0. The lowest BCUT2D eigenvalue weighted by Gasteiger charge is -1.98. The molecule has 0 amide bonds. The molecule has 7 nitrogen and oxygen atoms in total. The Bertz CT molecular complexity index is 441. The van der Waals surface area contributed by atoms with E-state index >= 15 is 0 Å². The van der Waals surface area contributed by atoms with Crippen LogP contribution in [0.25, 0.3) is 0 Å². The van der Waals surface area contributed by atoms with Crippen LogP contribution in [0.4, 0.5) is 0 Å². The molecule has 0 aliphatic rings. The number of rotatable bonds is 4. The average Bonchev–Trinajstić information content (AvgIpc) is 2.27. The highest BCUT2D eigenvalue weighted by atomic mass is 16.7. The lowest BCUT2D eigenvalue weighted by atomic mass is 10.1. The molecule has 7 heteroatoms. The molecule has 0 radical (unpaired) electrons. The number of nitrogens with one attached hydrogen (secondary N) is 1. The summed E-state index contributed by atoms with van der Waals surface area (Å²) in [6.07, 6.45) is 0.621. The van der Waals surface area contributed by atoms with Crippen molar-refractivity contribution in [2.75, 3.05) is 0 Å². The number of hydrogen-bond acceptors (Lipinski definition) is 4. The van der Waals surface area contributed by atoms with Gasteiger partial charge in [0.2, 0.25) is 0 Å². The van der Waals surface area contributed by atoms with Gasteiger partial charge in [0, 0.05) is 12.1 Å². The number of nitrogens with zero attached hydrogens (tertiary/aromatic N) is 3. The van der Waals surface area contributed by atoms with Gasteiger partial charge in [-0.1, -0.05) is 35.8 Å². The lowest BCUT2D eigenvalue weighted by Crippen LogP contribution is -2.35. The molecular formula is C10H13N5O2. The third kappa shape index (κ3) is 5.26. The van der Waals surface area contributed by atoms with Crippen LogP contribution in [0.3, 0.4) is 0 Å². The van der Waals surface area contributed by atoms with E-state index in [1.165, 1.54) is 0 Å². The predicted molar refractivity (Wildman–Crippen MR) is 65.0 cm³/mol. The van der Waals surface area contributed by atoms with E-state index < -0.39 is 5.03 Å². The number of nitrogens with two attached hydrogens (primary N) is 1. The summed E-state index contributed by atoms with van der Waals surface area (Å²) in [5.74, 6) is -0.345. The first kappa shape index (κ1) is 12.6. The average molecular weight is 235 g/mol. The van der Waals surface area contributed by atoms with Gasteiger partial charge in [-0.25, -0.2) is 10.1 Å². The van der Waals surface area contributed by atoms with Crippen molar-refractivity contribution in [1.82, 2.24) is 5.43 Å². The van der Waals surface area contributed by atoms with Crippen molar-refractivity contribution >= 4 is 11.7 Å². The number of hydrogen-bond donors (Lipinski definition) is 2. The van der Waals surface area contributed by atoms with E-state index in [0.717, 1.165) is 5.56 Å². The minimum atomic E-state index is -0.791. The van der Waals surface area contributed by atoms with E-state index in [9.17, 15) is 10.1 Å². The third-order valence-electron chi connectivity index (χ3n) is 1.84. The first-order chi connectivity index (χ1) is 8.08. The SMILES string of the molecule is C/C(Cc1ccccc1)=N/N=C(/N)N[N+](=O)[O-]. The van der Waals surface area contributed by atoms with Crippen LogP contribution >= 0.6 is 0 Å². The molecule has 90 valence electrons. The van der Waals surface area contributed by atoms with Crippen molar-refractivity contribution in [3.05, 3.63) is 46.0 Å². The zero-order valence-electron chi connectivity index (χ0n) is 9.33. The van der Waals surface area contributed by atoms with Crippen LogP contribution in [0.15, 0.2) is 40.5 Å². The Balaban J connectivity index is 2.58. The molecule has 17 heavy (non-hydrogen) atoms. The second-order valence-corrected chi connectivity index (χ2v) is 3.35. The minimum absolute atomic E-state index is 0.345. The van der Waals surface area contributed by atoms with Gasteiger partial charge in [0.05, 0.1) is 0 Å².